The monoisotopic (exact) mass is 339 g/mol. The van der Waals surface area contributed by atoms with Gasteiger partial charge in [0.1, 0.15) is 17.1 Å². The van der Waals surface area contributed by atoms with E-state index in [1.54, 1.807) is 12.0 Å². The van der Waals surface area contributed by atoms with Gasteiger partial charge in [0, 0.05) is 6.54 Å². The topological polar surface area (TPSA) is 58.2 Å². The van der Waals surface area contributed by atoms with Crippen LogP contribution in [0.15, 0.2) is 42.7 Å². The molecule has 25 heavy (non-hydrogen) atoms. The van der Waals surface area contributed by atoms with E-state index < -0.39 is 5.82 Å². The summed E-state index contributed by atoms with van der Waals surface area (Å²) in [5, 5.41) is 0. The number of hydrogen-bond donors (Lipinski definition) is 1. The zero-order chi connectivity index (χ0) is 17.4. The third-order valence-corrected chi connectivity index (χ3v) is 4.71. The molecule has 4 rings (SSSR count). The molecule has 0 radical (unpaired) electrons. The molecule has 1 aliphatic rings. The van der Waals surface area contributed by atoms with Crippen LogP contribution in [0, 0.1) is 5.82 Å². The largest absolute Gasteiger partial charge is 0.497 e. The number of likely N-dealkylation sites (tertiary alicyclic amines) is 1. The Labute approximate surface area is 144 Å². The molecule has 1 saturated heterocycles. The maximum Gasteiger partial charge on any atom is 0.256 e. The molecule has 0 bridgehead atoms. The quantitative estimate of drug-likeness (QED) is 0.792. The van der Waals surface area contributed by atoms with Crippen LogP contribution in [0.2, 0.25) is 0 Å². The standard InChI is InChI=1S/C19H18FN3O2/c1-25-14-5-2-4-12(8-14)17-6-3-7-23(17)19(24)15-9-13(20)10-16-18(15)22-11-21-16/h2,4-5,8-11,17H,3,6-7H2,1H3,(H,21,22)/t17-/m1/s1. The second-order valence-electron chi connectivity index (χ2n) is 6.19. The Morgan fingerprint density at radius 3 is 3.08 bits per heavy atom. The second kappa shape index (κ2) is 6.20. The molecule has 1 N–H and O–H groups in total. The fourth-order valence-corrected chi connectivity index (χ4v) is 3.54. The van der Waals surface area contributed by atoms with Gasteiger partial charge < -0.3 is 14.6 Å². The Bertz CT molecular complexity index is 937. The van der Waals surface area contributed by atoms with Crippen LogP contribution >= 0.6 is 0 Å². The number of rotatable bonds is 3. The van der Waals surface area contributed by atoms with Crippen LogP contribution in [0.5, 0.6) is 5.75 Å². The van der Waals surface area contributed by atoms with Gasteiger partial charge in [0.2, 0.25) is 0 Å². The number of aromatic nitrogens is 2. The van der Waals surface area contributed by atoms with Gasteiger partial charge >= 0.3 is 0 Å². The van der Waals surface area contributed by atoms with Crippen LogP contribution in [-0.2, 0) is 0 Å². The van der Waals surface area contributed by atoms with Gasteiger partial charge in [0.25, 0.3) is 5.91 Å². The van der Waals surface area contributed by atoms with E-state index in [0.717, 1.165) is 24.2 Å². The molecule has 6 heteroatoms. The van der Waals surface area contributed by atoms with Gasteiger partial charge in [-0.2, -0.15) is 0 Å². The number of nitrogens with one attached hydrogen (secondary N) is 1. The number of ether oxygens (including phenoxy) is 1. The SMILES string of the molecule is COc1cccc([C@H]2CCCN2C(=O)c2cc(F)cc3[nH]cnc23)c1. The van der Waals surface area contributed by atoms with Crippen LogP contribution in [0.25, 0.3) is 11.0 Å². The maximum atomic E-state index is 13.9. The van der Waals surface area contributed by atoms with E-state index in [1.807, 2.05) is 24.3 Å². The van der Waals surface area contributed by atoms with Gasteiger partial charge in [-0.15, -0.1) is 0 Å². The number of fused-ring (bicyclic) bond motifs is 1. The van der Waals surface area contributed by atoms with E-state index in [4.69, 9.17) is 4.74 Å². The third-order valence-electron chi connectivity index (χ3n) is 4.71. The first-order valence-corrected chi connectivity index (χ1v) is 8.25. The van der Waals surface area contributed by atoms with Crippen molar-refractivity contribution in [3.63, 3.8) is 0 Å². The lowest BCUT2D eigenvalue weighted by molar-refractivity contribution is 0.0737. The fourth-order valence-electron chi connectivity index (χ4n) is 3.54. The number of H-pyrrole nitrogens is 1. The van der Waals surface area contributed by atoms with E-state index in [9.17, 15) is 9.18 Å². The minimum Gasteiger partial charge on any atom is -0.497 e. The van der Waals surface area contributed by atoms with Crippen LogP contribution in [0.3, 0.4) is 0 Å². The molecule has 128 valence electrons. The lowest BCUT2D eigenvalue weighted by atomic mass is 10.0. The fraction of sp³-hybridized carbons (Fsp3) is 0.263. The first kappa shape index (κ1) is 15.6. The molecule has 1 atom stereocenters. The molecule has 0 aliphatic carbocycles. The normalized spacial score (nSPS) is 17.2. The average Bonchev–Trinajstić information content (AvgIpc) is 3.29. The van der Waals surface area contributed by atoms with Gasteiger partial charge in [0.15, 0.2) is 0 Å². The van der Waals surface area contributed by atoms with Crippen LogP contribution in [0.1, 0.15) is 34.8 Å². The predicted molar refractivity (Wildman–Crippen MR) is 92.1 cm³/mol. The lowest BCUT2D eigenvalue weighted by Gasteiger charge is -2.25. The first-order chi connectivity index (χ1) is 12.2. The Morgan fingerprint density at radius 1 is 1.36 bits per heavy atom. The molecule has 5 nitrogen and oxygen atoms in total. The molecule has 1 aromatic heterocycles. The van der Waals surface area contributed by atoms with E-state index >= 15 is 0 Å². The summed E-state index contributed by atoms with van der Waals surface area (Å²) in [6.07, 6.45) is 3.26. The van der Waals surface area contributed by atoms with Crippen molar-refractivity contribution >= 4 is 16.9 Å². The zero-order valence-electron chi connectivity index (χ0n) is 13.8. The predicted octanol–water partition coefficient (Wildman–Crippen LogP) is 3.69. The summed E-state index contributed by atoms with van der Waals surface area (Å²) in [5.41, 5.74) is 2.36. The van der Waals surface area contributed by atoms with E-state index in [1.165, 1.54) is 18.5 Å². The molecular weight excluding hydrogens is 321 g/mol. The number of benzene rings is 2. The van der Waals surface area contributed by atoms with Crippen molar-refractivity contribution < 1.29 is 13.9 Å². The van der Waals surface area contributed by atoms with E-state index in [2.05, 4.69) is 9.97 Å². The van der Waals surface area contributed by atoms with Crippen LogP contribution < -0.4 is 4.74 Å². The minimum absolute atomic E-state index is 0.0418. The van der Waals surface area contributed by atoms with E-state index in [0.29, 0.717) is 23.1 Å². The molecule has 2 heterocycles. The summed E-state index contributed by atoms with van der Waals surface area (Å²) in [5.74, 6) is 0.122. The Morgan fingerprint density at radius 2 is 2.24 bits per heavy atom. The molecule has 1 fully saturated rings. The number of carbonyl (C=O) groups is 1. The number of methoxy groups -OCH3 is 1. The molecule has 1 amide bonds. The molecule has 2 aromatic carbocycles. The highest BCUT2D eigenvalue weighted by Crippen LogP contribution is 2.35. The summed E-state index contributed by atoms with van der Waals surface area (Å²) >= 11 is 0. The van der Waals surface area contributed by atoms with Crippen molar-refractivity contribution in [3.05, 3.63) is 59.7 Å². The number of amides is 1. The molecule has 0 spiro atoms. The van der Waals surface area contributed by atoms with Gasteiger partial charge in [0.05, 0.1) is 30.6 Å². The maximum absolute atomic E-state index is 13.9. The highest BCUT2D eigenvalue weighted by molar-refractivity contribution is 6.05. The molecule has 3 aromatic rings. The second-order valence-corrected chi connectivity index (χ2v) is 6.19. The summed E-state index contributed by atoms with van der Waals surface area (Å²) in [7, 11) is 1.62. The number of imidazole rings is 1. The Kier molecular flexibility index (Phi) is 3.87. The zero-order valence-corrected chi connectivity index (χ0v) is 13.8. The van der Waals surface area contributed by atoms with Crippen molar-refractivity contribution in [1.29, 1.82) is 0 Å². The molecule has 0 saturated carbocycles. The summed E-state index contributed by atoms with van der Waals surface area (Å²) in [4.78, 5) is 22.0. The number of nitrogens with zero attached hydrogens (tertiary/aromatic N) is 2. The Balaban J connectivity index is 1.72. The van der Waals surface area contributed by atoms with Crippen LogP contribution in [-0.4, -0.2) is 34.4 Å². The third kappa shape index (κ3) is 2.73. The molecular formula is C19H18FN3O2. The number of carbonyl (C=O) groups excluding carboxylic acids is 1. The van der Waals surface area contributed by atoms with Crippen LogP contribution in [0.4, 0.5) is 4.39 Å². The minimum atomic E-state index is -0.447. The highest BCUT2D eigenvalue weighted by atomic mass is 19.1. The van der Waals surface area contributed by atoms with Crippen molar-refractivity contribution in [1.82, 2.24) is 14.9 Å². The van der Waals surface area contributed by atoms with Gasteiger partial charge in [-0.1, -0.05) is 12.1 Å². The molecule has 1 aliphatic heterocycles. The number of halogens is 1. The summed E-state index contributed by atoms with van der Waals surface area (Å²) in [6, 6.07) is 10.3. The van der Waals surface area contributed by atoms with Crippen molar-refractivity contribution in [3.8, 4) is 5.75 Å². The summed E-state index contributed by atoms with van der Waals surface area (Å²) < 4.78 is 19.2. The smallest absolute Gasteiger partial charge is 0.256 e. The van der Waals surface area contributed by atoms with Gasteiger partial charge in [-0.25, -0.2) is 9.37 Å². The van der Waals surface area contributed by atoms with Crippen molar-refractivity contribution in [2.24, 2.45) is 0 Å². The molecule has 0 unspecified atom stereocenters. The number of hydrogen-bond acceptors (Lipinski definition) is 3. The highest BCUT2D eigenvalue weighted by Gasteiger charge is 2.32. The van der Waals surface area contributed by atoms with E-state index in [-0.39, 0.29) is 11.9 Å². The van der Waals surface area contributed by atoms with Gasteiger partial charge in [-0.3, -0.25) is 4.79 Å². The van der Waals surface area contributed by atoms with Crippen molar-refractivity contribution in [2.75, 3.05) is 13.7 Å². The average molecular weight is 339 g/mol. The first-order valence-electron chi connectivity index (χ1n) is 8.25. The Hall–Kier alpha value is -2.89. The van der Waals surface area contributed by atoms with Gasteiger partial charge in [-0.05, 0) is 42.7 Å². The number of aromatic amines is 1. The lowest BCUT2D eigenvalue weighted by Crippen LogP contribution is -2.30. The van der Waals surface area contributed by atoms with Crippen molar-refractivity contribution in [2.45, 2.75) is 18.9 Å². The summed E-state index contributed by atoms with van der Waals surface area (Å²) in [6.45, 7) is 0.642.